The molecule has 6 nitrogen and oxygen atoms in total. The first kappa shape index (κ1) is 19.3. The monoisotopic (exact) mass is 393 g/mol. The predicted molar refractivity (Wildman–Crippen MR) is 110 cm³/mol. The highest BCUT2D eigenvalue weighted by Crippen LogP contribution is 2.26. The maximum absolute atomic E-state index is 14.8. The Hall–Kier alpha value is -3.06. The van der Waals surface area contributed by atoms with Crippen LogP contribution in [0.4, 0.5) is 10.1 Å². The van der Waals surface area contributed by atoms with Crippen molar-refractivity contribution in [2.24, 2.45) is 0 Å². The van der Waals surface area contributed by atoms with Gasteiger partial charge < -0.3 is 10.6 Å². The van der Waals surface area contributed by atoms with Crippen molar-refractivity contribution in [1.29, 1.82) is 0 Å². The number of nitrogens with one attached hydrogen (secondary N) is 2. The first-order valence-electron chi connectivity index (χ1n) is 9.81. The maximum atomic E-state index is 14.8. The van der Waals surface area contributed by atoms with Crippen LogP contribution in [0.2, 0.25) is 0 Å². The topological polar surface area (TPSA) is 71.8 Å². The second-order valence-corrected chi connectivity index (χ2v) is 7.55. The second-order valence-electron chi connectivity index (χ2n) is 7.55. The zero-order valence-corrected chi connectivity index (χ0v) is 16.8. The van der Waals surface area contributed by atoms with E-state index in [1.807, 2.05) is 30.3 Å². The molecule has 1 aliphatic heterocycles. The van der Waals surface area contributed by atoms with Crippen molar-refractivity contribution < 1.29 is 9.18 Å². The predicted octanol–water partition coefficient (Wildman–Crippen LogP) is 3.74. The van der Waals surface area contributed by atoms with E-state index in [2.05, 4.69) is 34.6 Å². The van der Waals surface area contributed by atoms with E-state index in [4.69, 9.17) is 0 Å². The number of amides is 1. The van der Waals surface area contributed by atoms with Gasteiger partial charge in [0.15, 0.2) is 0 Å². The van der Waals surface area contributed by atoms with Crippen molar-refractivity contribution in [2.75, 3.05) is 11.9 Å². The normalized spacial score (nSPS) is 13.4. The number of nitrogens with zero attached hydrogens (tertiary/aromatic N) is 3. The Balaban J connectivity index is 1.63. The molecule has 0 radical (unpaired) electrons. The number of rotatable bonds is 4. The van der Waals surface area contributed by atoms with Crippen molar-refractivity contribution in [3.8, 4) is 5.69 Å². The average molecular weight is 393 g/mol. The Kier molecular flexibility index (Phi) is 5.15. The third-order valence-corrected chi connectivity index (χ3v) is 5.21. The standard InChI is InChI=1S/C22H24FN5O/c1-13(2)16-6-4-5-7-19(16)28-14(3)25-21(27-28)22(29)26-18-9-8-15-12-24-11-10-17(15)20(18)23/h4-9,13,24H,10-12H2,1-3H3,(H,26,29). The summed E-state index contributed by atoms with van der Waals surface area (Å²) in [5.74, 6) is 0.00608. The van der Waals surface area contributed by atoms with Gasteiger partial charge in [0, 0.05) is 6.54 Å². The van der Waals surface area contributed by atoms with E-state index in [0.29, 0.717) is 30.3 Å². The number of para-hydroxylation sites is 1. The highest BCUT2D eigenvalue weighted by Gasteiger charge is 2.21. The van der Waals surface area contributed by atoms with Gasteiger partial charge in [0.05, 0.1) is 11.4 Å². The van der Waals surface area contributed by atoms with Crippen molar-refractivity contribution in [3.63, 3.8) is 0 Å². The Morgan fingerprint density at radius 1 is 1.24 bits per heavy atom. The van der Waals surface area contributed by atoms with Crippen molar-refractivity contribution >= 4 is 11.6 Å². The molecule has 0 saturated heterocycles. The van der Waals surface area contributed by atoms with Crippen LogP contribution >= 0.6 is 0 Å². The van der Waals surface area contributed by atoms with Crippen molar-refractivity contribution in [1.82, 2.24) is 20.1 Å². The number of carbonyl (C=O) groups excluding carboxylic acids is 1. The van der Waals surface area contributed by atoms with E-state index in [9.17, 15) is 9.18 Å². The lowest BCUT2D eigenvalue weighted by Crippen LogP contribution is -2.25. The van der Waals surface area contributed by atoms with E-state index in [1.54, 1.807) is 17.7 Å². The van der Waals surface area contributed by atoms with Gasteiger partial charge in [0.25, 0.3) is 5.91 Å². The minimum atomic E-state index is -0.526. The van der Waals surface area contributed by atoms with Gasteiger partial charge in [-0.1, -0.05) is 38.1 Å². The summed E-state index contributed by atoms with van der Waals surface area (Å²) in [5.41, 5.74) is 3.74. The lowest BCUT2D eigenvalue weighted by Gasteiger charge is -2.19. The van der Waals surface area contributed by atoms with Crippen LogP contribution in [0.5, 0.6) is 0 Å². The van der Waals surface area contributed by atoms with Crippen LogP contribution in [0.15, 0.2) is 36.4 Å². The molecule has 0 unspecified atom stereocenters. The molecule has 4 rings (SSSR count). The van der Waals surface area contributed by atoms with Crippen LogP contribution < -0.4 is 10.6 Å². The number of hydrogen-bond donors (Lipinski definition) is 2. The van der Waals surface area contributed by atoms with Crippen molar-refractivity contribution in [3.05, 3.63) is 70.6 Å². The summed E-state index contributed by atoms with van der Waals surface area (Å²) in [7, 11) is 0. The number of carbonyl (C=O) groups is 1. The van der Waals surface area contributed by atoms with Gasteiger partial charge >= 0.3 is 0 Å². The molecule has 2 aromatic carbocycles. The van der Waals surface area contributed by atoms with E-state index in [0.717, 1.165) is 23.4 Å². The SMILES string of the molecule is Cc1nc(C(=O)Nc2ccc3c(c2F)CCNC3)nn1-c1ccccc1C(C)C. The van der Waals surface area contributed by atoms with Crippen LogP contribution in [-0.2, 0) is 13.0 Å². The summed E-state index contributed by atoms with van der Waals surface area (Å²) in [6, 6.07) is 11.3. The maximum Gasteiger partial charge on any atom is 0.295 e. The Morgan fingerprint density at radius 3 is 2.83 bits per heavy atom. The summed E-state index contributed by atoms with van der Waals surface area (Å²) in [6.07, 6.45) is 0.600. The van der Waals surface area contributed by atoms with E-state index < -0.39 is 5.91 Å². The molecule has 0 saturated carbocycles. The Bertz CT molecular complexity index is 1070. The van der Waals surface area contributed by atoms with Gasteiger partial charge in [0.2, 0.25) is 5.82 Å². The largest absolute Gasteiger partial charge is 0.317 e. The van der Waals surface area contributed by atoms with E-state index in [1.165, 1.54) is 0 Å². The molecule has 0 fully saturated rings. The fraction of sp³-hybridized carbons (Fsp3) is 0.318. The summed E-state index contributed by atoms with van der Waals surface area (Å²) in [4.78, 5) is 17.0. The molecule has 2 N–H and O–H groups in total. The number of aromatic nitrogens is 3. The van der Waals surface area contributed by atoms with Gasteiger partial charge in [-0.2, -0.15) is 0 Å². The molecule has 0 atom stereocenters. The number of anilines is 1. The van der Waals surface area contributed by atoms with Gasteiger partial charge in [-0.05, 0) is 54.6 Å². The first-order valence-corrected chi connectivity index (χ1v) is 9.81. The molecule has 150 valence electrons. The molecule has 1 amide bonds. The van der Waals surface area contributed by atoms with Crippen LogP contribution in [0.3, 0.4) is 0 Å². The van der Waals surface area contributed by atoms with Gasteiger partial charge in [-0.15, -0.1) is 5.10 Å². The lowest BCUT2D eigenvalue weighted by molar-refractivity contribution is 0.101. The fourth-order valence-electron chi connectivity index (χ4n) is 3.69. The number of benzene rings is 2. The highest BCUT2D eigenvalue weighted by molar-refractivity contribution is 6.01. The molecule has 7 heteroatoms. The van der Waals surface area contributed by atoms with Gasteiger partial charge in [0.1, 0.15) is 11.6 Å². The number of halogens is 1. The first-order chi connectivity index (χ1) is 14.0. The molecule has 3 aromatic rings. The Labute approximate surface area is 169 Å². The second kappa shape index (κ2) is 7.75. The minimum Gasteiger partial charge on any atom is -0.317 e. The molecule has 0 spiro atoms. The molecule has 29 heavy (non-hydrogen) atoms. The molecule has 0 bridgehead atoms. The molecule has 0 aliphatic carbocycles. The zero-order chi connectivity index (χ0) is 20.5. The molecular formula is C22H24FN5O. The third kappa shape index (κ3) is 3.65. The number of hydrogen-bond acceptors (Lipinski definition) is 4. The quantitative estimate of drug-likeness (QED) is 0.708. The molecule has 1 aliphatic rings. The highest BCUT2D eigenvalue weighted by atomic mass is 19.1. The lowest BCUT2D eigenvalue weighted by atomic mass is 9.99. The number of fused-ring (bicyclic) bond motifs is 1. The van der Waals surface area contributed by atoms with Gasteiger partial charge in [-0.25, -0.2) is 14.1 Å². The summed E-state index contributed by atoms with van der Waals surface area (Å²) in [5, 5.41) is 10.2. The van der Waals surface area contributed by atoms with Crippen molar-refractivity contribution in [2.45, 2.75) is 39.7 Å². The Morgan fingerprint density at radius 2 is 2.03 bits per heavy atom. The molecule has 2 heterocycles. The summed E-state index contributed by atoms with van der Waals surface area (Å²) >= 11 is 0. The smallest absolute Gasteiger partial charge is 0.295 e. The summed E-state index contributed by atoms with van der Waals surface area (Å²) < 4.78 is 16.5. The average Bonchev–Trinajstić information content (AvgIpc) is 3.12. The van der Waals surface area contributed by atoms with Gasteiger partial charge in [-0.3, -0.25) is 4.79 Å². The van der Waals surface area contributed by atoms with Crippen LogP contribution in [-0.4, -0.2) is 27.2 Å². The van der Waals surface area contributed by atoms with Crippen LogP contribution in [0, 0.1) is 12.7 Å². The van der Waals surface area contributed by atoms with Crippen LogP contribution in [0.1, 0.15) is 52.9 Å². The fourth-order valence-corrected chi connectivity index (χ4v) is 3.69. The molecule has 1 aromatic heterocycles. The minimum absolute atomic E-state index is 0.0137. The summed E-state index contributed by atoms with van der Waals surface area (Å²) in [6.45, 7) is 7.37. The zero-order valence-electron chi connectivity index (χ0n) is 16.8. The number of aryl methyl sites for hydroxylation is 1. The van der Waals surface area contributed by atoms with Crippen LogP contribution in [0.25, 0.3) is 5.69 Å². The van der Waals surface area contributed by atoms with E-state index in [-0.39, 0.29) is 17.3 Å². The molecular weight excluding hydrogens is 369 g/mol. The third-order valence-electron chi connectivity index (χ3n) is 5.21. The van der Waals surface area contributed by atoms with E-state index >= 15 is 0 Å².